The molecule has 174 valence electrons. The van der Waals surface area contributed by atoms with Crippen molar-refractivity contribution >= 4 is 41.0 Å². The molecule has 0 aromatic heterocycles. The molecule has 0 bridgehead atoms. The SMILES string of the molecule is CC(=O)O[Si](C)(C)CCC(F)(F)C(F)(F)CC[Si](OC(C)=O)(OC(C)=O)OC(C)=O. The van der Waals surface area contributed by atoms with Gasteiger partial charge in [-0.3, -0.25) is 19.2 Å². The van der Waals surface area contributed by atoms with Crippen molar-refractivity contribution in [2.24, 2.45) is 0 Å². The number of alkyl halides is 4. The van der Waals surface area contributed by atoms with E-state index in [1.54, 1.807) is 0 Å². The Morgan fingerprint density at radius 1 is 0.633 bits per heavy atom. The molecule has 30 heavy (non-hydrogen) atoms. The Balaban J connectivity index is 5.50. The second-order valence-corrected chi connectivity index (χ2v) is 13.9. The fourth-order valence-electron chi connectivity index (χ4n) is 2.45. The van der Waals surface area contributed by atoms with E-state index in [1.807, 2.05) is 0 Å². The highest BCUT2D eigenvalue weighted by atomic mass is 28.4. The van der Waals surface area contributed by atoms with Crippen LogP contribution in [0.4, 0.5) is 17.6 Å². The molecule has 0 aliphatic heterocycles. The molecule has 0 spiro atoms. The van der Waals surface area contributed by atoms with E-state index in [-0.39, 0.29) is 0 Å². The van der Waals surface area contributed by atoms with Gasteiger partial charge in [0.1, 0.15) is 0 Å². The highest BCUT2D eigenvalue weighted by Crippen LogP contribution is 2.43. The minimum absolute atomic E-state index is 0.435. The Bertz CT molecular complexity index is 629. The van der Waals surface area contributed by atoms with E-state index in [2.05, 4.69) is 0 Å². The molecule has 14 heteroatoms. The van der Waals surface area contributed by atoms with E-state index in [0.29, 0.717) is 0 Å². The van der Waals surface area contributed by atoms with E-state index in [4.69, 9.17) is 17.7 Å². The average Bonchev–Trinajstić information content (AvgIpc) is 2.48. The monoisotopic (exact) mass is 478 g/mol. The van der Waals surface area contributed by atoms with Crippen molar-refractivity contribution in [2.75, 3.05) is 0 Å². The zero-order valence-electron chi connectivity index (χ0n) is 17.6. The van der Waals surface area contributed by atoms with Crippen LogP contribution in [-0.4, -0.2) is 52.8 Å². The highest BCUT2D eigenvalue weighted by molar-refractivity contribution is 6.72. The van der Waals surface area contributed by atoms with Gasteiger partial charge in [-0.05, 0) is 19.1 Å². The van der Waals surface area contributed by atoms with E-state index in [1.165, 1.54) is 13.1 Å². The van der Waals surface area contributed by atoms with Gasteiger partial charge in [-0.25, -0.2) is 0 Å². The molecule has 0 heterocycles. The molecule has 0 aromatic rings. The molecule has 0 amide bonds. The van der Waals surface area contributed by atoms with E-state index in [9.17, 15) is 36.7 Å². The van der Waals surface area contributed by atoms with Gasteiger partial charge in [0.05, 0.1) is 6.04 Å². The Labute approximate surface area is 173 Å². The van der Waals surface area contributed by atoms with Crippen molar-refractivity contribution in [2.45, 2.75) is 77.6 Å². The lowest BCUT2D eigenvalue weighted by Crippen LogP contribution is -2.51. The van der Waals surface area contributed by atoms with Crippen LogP contribution in [0.2, 0.25) is 25.2 Å². The molecular formula is C16H26F4O8Si2. The Morgan fingerprint density at radius 2 is 0.933 bits per heavy atom. The number of carbonyl (C=O) groups is 4. The lowest BCUT2D eigenvalue weighted by atomic mass is 10.1. The molecule has 0 fully saturated rings. The average molecular weight is 479 g/mol. The van der Waals surface area contributed by atoms with Gasteiger partial charge in [-0.2, -0.15) is 17.6 Å². The number of halogens is 4. The first-order chi connectivity index (χ1) is 13.3. The summed E-state index contributed by atoms with van der Waals surface area (Å²) in [5.41, 5.74) is 0. The van der Waals surface area contributed by atoms with Crippen LogP contribution in [-0.2, 0) is 36.9 Å². The van der Waals surface area contributed by atoms with E-state index < -0.39 is 77.8 Å². The molecule has 0 rings (SSSR count). The minimum atomic E-state index is -4.68. The Hall–Kier alpha value is -1.97. The van der Waals surface area contributed by atoms with Crippen LogP contribution < -0.4 is 0 Å². The summed E-state index contributed by atoms with van der Waals surface area (Å²) >= 11 is 0. The summed E-state index contributed by atoms with van der Waals surface area (Å²) in [5.74, 6) is -13.1. The van der Waals surface area contributed by atoms with Gasteiger partial charge in [-0.15, -0.1) is 0 Å². The number of carbonyl (C=O) groups excluding carboxylic acids is 4. The molecule has 0 saturated heterocycles. The number of hydrogen-bond acceptors (Lipinski definition) is 8. The van der Waals surface area contributed by atoms with Gasteiger partial charge < -0.3 is 17.7 Å². The maximum absolute atomic E-state index is 14.3. The third kappa shape index (κ3) is 9.69. The molecule has 0 saturated carbocycles. The number of hydrogen-bond donors (Lipinski definition) is 0. The molecule has 0 aliphatic carbocycles. The van der Waals surface area contributed by atoms with Crippen molar-refractivity contribution < 1.29 is 54.4 Å². The molecule has 0 N–H and O–H groups in total. The molecule has 0 aromatic carbocycles. The summed E-state index contributed by atoms with van der Waals surface area (Å²) in [5, 5.41) is 0. The lowest BCUT2D eigenvalue weighted by molar-refractivity contribution is -0.211. The fraction of sp³-hybridized carbons (Fsp3) is 0.750. The molecule has 8 nitrogen and oxygen atoms in total. The standard InChI is InChI=1S/C16H26F4O8Si2/c1-11(21)25-29(5,6)9-7-15(17,18)16(19,20)8-10-30(26-12(2)22,27-13(3)23)28-14(4)24/h7-10H2,1-6H3. The van der Waals surface area contributed by atoms with Crippen LogP contribution in [0.1, 0.15) is 40.5 Å². The third-order valence-electron chi connectivity index (χ3n) is 3.64. The summed E-state index contributed by atoms with van der Waals surface area (Å²) in [6, 6.07) is -1.53. The van der Waals surface area contributed by atoms with Gasteiger partial charge in [0.25, 0.3) is 23.9 Å². The third-order valence-corrected chi connectivity index (χ3v) is 8.59. The quantitative estimate of drug-likeness (QED) is 0.329. The first kappa shape index (κ1) is 28.0. The minimum Gasteiger partial charge on any atom is -0.520 e. The van der Waals surface area contributed by atoms with Gasteiger partial charge in [0.15, 0.2) is 0 Å². The molecule has 0 aliphatic rings. The lowest BCUT2D eigenvalue weighted by Gasteiger charge is -2.31. The predicted molar refractivity (Wildman–Crippen MR) is 99.0 cm³/mol. The summed E-state index contributed by atoms with van der Waals surface area (Å²) in [4.78, 5) is 44.9. The normalized spacial score (nSPS) is 12.7. The Morgan fingerprint density at radius 3 is 1.23 bits per heavy atom. The van der Waals surface area contributed by atoms with E-state index >= 15 is 0 Å². The number of rotatable bonds is 11. The smallest absolute Gasteiger partial charge is 0.520 e. The predicted octanol–water partition coefficient (Wildman–Crippen LogP) is 3.43. The first-order valence-electron chi connectivity index (χ1n) is 8.87. The van der Waals surface area contributed by atoms with Gasteiger partial charge >= 0.3 is 20.6 Å². The molecule has 0 unspecified atom stereocenters. The van der Waals surface area contributed by atoms with Crippen molar-refractivity contribution in [1.29, 1.82) is 0 Å². The topological polar surface area (TPSA) is 105 Å². The van der Waals surface area contributed by atoms with Crippen molar-refractivity contribution in [3.05, 3.63) is 0 Å². The van der Waals surface area contributed by atoms with Crippen LogP contribution in [0.5, 0.6) is 0 Å². The van der Waals surface area contributed by atoms with Crippen LogP contribution in [0, 0.1) is 0 Å². The summed E-state index contributed by atoms with van der Waals surface area (Å²) in [6.07, 6.45) is -2.86. The highest BCUT2D eigenvalue weighted by Gasteiger charge is 2.60. The van der Waals surface area contributed by atoms with Crippen molar-refractivity contribution in [3.63, 3.8) is 0 Å². The summed E-state index contributed by atoms with van der Waals surface area (Å²) < 4.78 is 76.3. The maximum Gasteiger partial charge on any atom is 0.705 e. The van der Waals surface area contributed by atoms with Crippen LogP contribution in [0.25, 0.3) is 0 Å². The zero-order chi connectivity index (χ0) is 24.0. The van der Waals surface area contributed by atoms with Crippen LogP contribution in [0.15, 0.2) is 0 Å². The van der Waals surface area contributed by atoms with Crippen molar-refractivity contribution in [1.82, 2.24) is 0 Å². The second-order valence-electron chi connectivity index (χ2n) is 7.23. The zero-order valence-corrected chi connectivity index (χ0v) is 19.6. The first-order valence-corrected chi connectivity index (χ1v) is 13.9. The molecule has 0 radical (unpaired) electrons. The van der Waals surface area contributed by atoms with Gasteiger partial charge in [-0.1, -0.05) is 0 Å². The van der Waals surface area contributed by atoms with Gasteiger partial charge in [0, 0.05) is 40.5 Å². The van der Waals surface area contributed by atoms with Crippen molar-refractivity contribution in [3.8, 4) is 0 Å². The molecule has 0 atom stereocenters. The Kier molecular flexibility index (Phi) is 9.69. The fourth-order valence-corrected chi connectivity index (χ4v) is 6.61. The second kappa shape index (κ2) is 10.4. The van der Waals surface area contributed by atoms with Gasteiger partial charge in [0.2, 0.25) is 8.32 Å². The summed E-state index contributed by atoms with van der Waals surface area (Å²) in [7, 11) is -7.62. The largest absolute Gasteiger partial charge is 0.705 e. The van der Waals surface area contributed by atoms with Crippen LogP contribution >= 0.6 is 0 Å². The summed E-state index contributed by atoms with van der Waals surface area (Å²) in [6.45, 7) is 6.51. The molecular weight excluding hydrogens is 452 g/mol. The maximum atomic E-state index is 14.3. The van der Waals surface area contributed by atoms with Crippen LogP contribution in [0.3, 0.4) is 0 Å². The van der Waals surface area contributed by atoms with E-state index in [0.717, 1.165) is 27.7 Å².